The van der Waals surface area contributed by atoms with E-state index in [9.17, 15) is 13.2 Å². The predicted octanol–water partition coefficient (Wildman–Crippen LogP) is 3.83. The fraction of sp³-hybridized carbons (Fsp3) is 0.409. The Kier molecular flexibility index (Phi) is 6.66. The van der Waals surface area contributed by atoms with Gasteiger partial charge in [-0.2, -0.15) is 4.31 Å². The largest absolute Gasteiger partial charge is 0.355 e. The van der Waals surface area contributed by atoms with Crippen molar-refractivity contribution in [3.63, 3.8) is 0 Å². The van der Waals surface area contributed by atoms with Crippen LogP contribution in [0.2, 0.25) is 5.02 Å². The molecule has 2 aromatic rings. The lowest BCUT2D eigenvalue weighted by Gasteiger charge is -2.32. The zero-order chi connectivity index (χ0) is 21.1. The average Bonchev–Trinajstić information content (AvgIpc) is 2.73. The summed E-state index contributed by atoms with van der Waals surface area (Å²) in [6.45, 7) is 5.33. The van der Waals surface area contributed by atoms with Crippen molar-refractivity contribution in [1.29, 1.82) is 0 Å². The van der Waals surface area contributed by atoms with Gasteiger partial charge in [-0.15, -0.1) is 0 Å². The molecule has 1 aliphatic rings. The minimum absolute atomic E-state index is 0.0168. The summed E-state index contributed by atoms with van der Waals surface area (Å²) in [4.78, 5) is 13.0. The quantitative estimate of drug-likeness (QED) is 0.751. The molecule has 2 aromatic carbocycles. The third-order valence-electron chi connectivity index (χ3n) is 5.52. The van der Waals surface area contributed by atoms with Crippen LogP contribution in [0, 0.1) is 5.92 Å². The molecule has 7 heteroatoms. The van der Waals surface area contributed by atoms with Crippen LogP contribution in [0.1, 0.15) is 32.3 Å². The number of halogens is 1. The van der Waals surface area contributed by atoms with Gasteiger partial charge in [0.05, 0.1) is 4.90 Å². The van der Waals surface area contributed by atoms with Crippen molar-refractivity contribution in [3.8, 4) is 0 Å². The standard InChI is InChI=1S/C22H27ClN2O3S/c1-22(2,18-7-6-8-19(23)15-18)16-24-21(26)17-11-13-25(14-12-17)29(27,28)20-9-4-3-5-10-20/h3-10,15,17H,11-14,16H2,1-2H3,(H,24,26). The topological polar surface area (TPSA) is 66.5 Å². The maximum atomic E-state index is 12.7. The number of nitrogens with one attached hydrogen (secondary N) is 1. The molecule has 0 radical (unpaired) electrons. The molecule has 29 heavy (non-hydrogen) atoms. The van der Waals surface area contributed by atoms with Gasteiger partial charge in [-0.05, 0) is 42.7 Å². The highest BCUT2D eigenvalue weighted by molar-refractivity contribution is 7.89. The summed E-state index contributed by atoms with van der Waals surface area (Å²) in [6.07, 6.45) is 1.05. The van der Waals surface area contributed by atoms with Crippen molar-refractivity contribution in [1.82, 2.24) is 9.62 Å². The lowest BCUT2D eigenvalue weighted by Crippen LogP contribution is -2.45. The van der Waals surface area contributed by atoms with E-state index in [0.717, 1.165) is 5.56 Å². The van der Waals surface area contributed by atoms with Crippen molar-refractivity contribution >= 4 is 27.5 Å². The van der Waals surface area contributed by atoms with Gasteiger partial charge in [-0.1, -0.05) is 55.8 Å². The highest BCUT2D eigenvalue weighted by atomic mass is 35.5. The van der Waals surface area contributed by atoms with E-state index in [-0.39, 0.29) is 17.2 Å². The number of piperidine rings is 1. The Morgan fingerprint density at radius 1 is 1.10 bits per heavy atom. The summed E-state index contributed by atoms with van der Waals surface area (Å²) in [5, 5.41) is 3.72. The van der Waals surface area contributed by atoms with Crippen molar-refractivity contribution < 1.29 is 13.2 Å². The van der Waals surface area contributed by atoms with Crippen LogP contribution < -0.4 is 5.32 Å². The van der Waals surface area contributed by atoms with Crippen molar-refractivity contribution in [2.24, 2.45) is 5.92 Å². The molecule has 1 heterocycles. The fourth-order valence-corrected chi connectivity index (χ4v) is 5.24. The lowest BCUT2D eigenvalue weighted by molar-refractivity contribution is -0.126. The molecular weight excluding hydrogens is 408 g/mol. The second-order valence-electron chi connectivity index (χ2n) is 8.10. The van der Waals surface area contributed by atoms with Gasteiger partial charge >= 0.3 is 0 Å². The van der Waals surface area contributed by atoms with Gasteiger partial charge in [-0.3, -0.25) is 4.79 Å². The normalized spacial score (nSPS) is 16.5. The molecule has 1 fully saturated rings. The van der Waals surface area contributed by atoms with Gasteiger partial charge in [0.2, 0.25) is 15.9 Å². The van der Waals surface area contributed by atoms with Crippen molar-refractivity contribution in [2.45, 2.75) is 37.0 Å². The van der Waals surface area contributed by atoms with Gasteiger partial charge in [0.1, 0.15) is 0 Å². The molecule has 1 aliphatic heterocycles. The summed E-state index contributed by atoms with van der Waals surface area (Å²) in [7, 11) is -3.50. The maximum absolute atomic E-state index is 12.7. The first-order chi connectivity index (χ1) is 13.7. The first-order valence-corrected chi connectivity index (χ1v) is 11.6. The van der Waals surface area contributed by atoms with Crippen LogP contribution in [0.15, 0.2) is 59.5 Å². The Labute approximate surface area is 178 Å². The minimum Gasteiger partial charge on any atom is -0.355 e. The first-order valence-electron chi connectivity index (χ1n) is 9.79. The Morgan fingerprint density at radius 3 is 2.38 bits per heavy atom. The fourth-order valence-electron chi connectivity index (χ4n) is 3.56. The number of benzene rings is 2. The van der Waals surface area contributed by atoms with Crippen molar-refractivity contribution in [3.05, 3.63) is 65.2 Å². The number of nitrogens with zero attached hydrogens (tertiary/aromatic N) is 1. The lowest BCUT2D eigenvalue weighted by atomic mass is 9.84. The average molecular weight is 435 g/mol. The zero-order valence-corrected chi connectivity index (χ0v) is 18.3. The van der Waals surface area contributed by atoms with E-state index in [1.54, 1.807) is 30.3 Å². The molecule has 0 saturated carbocycles. The van der Waals surface area contributed by atoms with E-state index in [1.807, 2.05) is 24.3 Å². The molecule has 5 nitrogen and oxygen atoms in total. The molecule has 0 aromatic heterocycles. The van der Waals surface area contributed by atoms with E-state index in [0.29, 0.717) is 42.4 Å². The Bertz CT molecular complexity index is 953. The van der Waals surface area contributed by atoms with Crippen LogP contribution in [0.5, 0.6) is 0 Å². The molecule has 0 aliphatic carbocycles. The first kappa shape index (κ1) is 21.8. The van der Waals surface area contributed by atoms with Crippen molar-refractivity contribution in [2.75, 3.05) is 19.6 Å². The van der Waals surface area contributed by atoms with Crippen LogP contribution in [-0.4, -0.2) is 38.3 Å². The van der Waals surface area contributed by atoms with Gasteiger partial charge in [0.15, 0.2) is 0 Å². The Hall–Kier alpha value is -1.89. The summed E-state index contributed by atoms with van der Waals surface area (Å²) in [6, 6.07) is 16.1. The summed E-state index contributed by atoms with van der Waals surface area (Å²) < 4.78 is 26.9. The summed E-state index contributed by atoms with van der Waals surface area (Å²) >= 11 is 6.09. The highest BCUT2D eigenvalue weighted by Crippen LogP contribution is 2.26. The second kappa shape index (κ2) is 8.86. The van der Waals surface area contributed by atoms with E-state index >= 15 is 0 Å². The van der Waals surface area contributed by atoms with Gasteiger partial charge in [0.25, 0.3) is 0 Å². The zero-order valence-electron chi connectivity index (χ0n) is 16.8. The van der Waals surface area contributed by atoms with Crippen LogP contribution >= 0.6 is 11.6 Å². The molecule has 0 unspecified atom stereocenters. The number of carbonyl (C=O) groups excluding carboxylic acids is 1. The van der Waals surface area contributed by atoms with E-state index < -0.39 is 10.0 Å². The number of rotatable bonds is 6. The third-order valence-corrected chi connectivity index (χ3v) is 7.66. The van der Waals surface area contributed by atoms with Crippen LogP contribution in [0.4, 0.5) is 0 Å². The molecular formula is C22H27ClN2O3S. The number of sulfonamides is 1. The summed E-state index contributed by atoms with van der Waals surface area (Å²) in [5.74, 6) is -0.191. The Balaban J connectivity index is 1.55. The smallest absolute Gasteiger partial charge is 0.243 e. The van der Waals surface area contributed by atoms with Crippen LogP contribution in [0.25, 0.3) is 0 Å². The van der Waals surface area contributed by atoms with Gasteiger partial charge < -0.3 is 5.32 Å². The molecule has 1 amide bonds. The molecule has 3 rings (SSSR count). The second-order valence-corrected chi connectivity index (χ2v) is 10.5. The minimum atomic E-state index is -3.50. The van der Waals surface area contributed by atoms with Gasteiger partial charge in [0, 0.05) is 36.0 Å². The predicted molar refractivity (Wildman–Crippen MR) is 115 cm³/mol. The van der Waals surface area contributed by atoms with Gasteiger partial charge in [-0.25, -0.2) is 8.42 Å². The van der Waals surface area contributed by atoms with E-state index in [1.165, 1.54) is 4.31 Å². The summed E-state index contributed by atoms with van der Waals surface area (Å²) in [5.41, 5.74) is 0.812. The number of carbonyl (C=O) groups is 1. The number of amides is 1. The SMILES string of the molecule is CC(C)(CNC(=O)C1CCN(S(=O)(=O)c2ccccc2)CC1)c1cccc(Cl)c1. The molecule has 0 bridgehead atoms. The van der Waals surface area contributed by atoms with E-state index in [2.05, 4.69) is 19.2 Å². The molecule has 0 atom stereocenters. The number of hydrogen-bond acceptors (Lipinski definition) is 3. The molecule has 1 saturated heterocycles. The highest BCUT2D eigenvalue weighted by Gasteiger charge is 2.32. The molecule has 156 valence electrons. The maximum Gasteiger partial charge on any atom is 0.243 e. The third kappa shape index (κ3) is 5.18. The molecule has 0 spiro atoms. The monoisotopic (exact) mass is 434 g/mol. The van der Waals surface area contributed by atoms with Crippen LogP contribution in [0.3, 0.4) is 0 Å². The Morgan fingerprint density at radius 2 is 1.76 bits per heavy atom. The van der Waals surface area contributed by atoms with E-state index in [4.69, 9.17) is 11.6 Å². The van der Waals surface area contributed by atoms with Crippen LogP contribution in [-0.2, 0) is 20.2 Å². The number of hydrogen-bond donors (Lipinski definition) is 1. The molecule has 1 N–H and O–H groups in total.